The Morgan fingerprint density at radius 2 is 2.00 bits per heavy atom. The third kappa shape index (κ3) is 6.12. The van der Waals surface area contributed by atoms with E-state index in [1.165, 1.54) is 12.8 Å². The summed E-state index contributed by atoms with van der Waals surface area (Å²) in [6, 6.07) is 0. The molecule has 0 amide bonds. The highest BCUT2D eigenvalue weighted by atomic mass is 32.2. The monoisotopic (exact) mass is 235 g/mol. The fraction of sp³-hybridized carbons (Fsp3) is 1.00. The molecule has 2 N–H and O–H groups in total. The molecule has 0 heterocycles. The third-order valence-electron chi connectivity index (χ3n) is 2.77. The van der Waals surface area contributed by atoms with Gasteiger partial charge in [0.15, 0.2) is 0 Å². The van der Waals surface area contributed by atoms with Crippen LogP contribution in [0.5, 0.6) is 0 Å². The summed E-state index contributed by atoms with van der Waals surface area (Å²) in [5.41, 5.74) is 0. The van der Waals surface area contributed by atoms with E-state index < -0.39 is 10.0 Å². The highest BCUT2D eigenvalue weighted by molar-refractivity contribution is 7.89. The van der Waals surface area contributed by atoms with Crippen molar-refractivity contribution < 1.29 is 13.2 Å². The summed E-state index contributed by atoms with van der Waals surface area (Å²) >= 11 is 0. The van der Waals surface area contributed by atoms with Crippen LogP contribution < -0.4 is 5.14 Å². The molecule has 0 saturated heterocycles. The normalized spacial score (nSPS) is 19.5. The molecular weight excluding hydrogens is 214 g/mol. The van der Waals surface area contributed by atoms with Gasteiger partial charge in [-0.1, -0.05) is 13.8 Å². The zero-order chi connectivity index (χ0) is 11.5. The summed E-state index contributed by atoms with van der Waals surface area (Å²) < 4.78 is 27.5. The maximum atomic E-state index is 11.0. The Bertz CT molecular complexity index is 283. The van der Waals surface area contributed by atoms with Gasteiger partial charge in [0, 0.05) is 6.61 Å². The Hall–Kier alpha value is -0.130. The second-order valence-corrected chi connectivity index (χ2v) is 6.47. The molecule has 0 radical (unpaired) electrons. The minimum Gasteiger partial charge on any atom is -0.381 e. The first kappa shape index (κ1) is 12.9. The molecule has 0 spiro atoms. The molecule has 0 aromatic heterocycles. The second-order valence-electron chi connectivity index (χ2n) is 4.81. The summed E-state index contributed by atoms with van der Waals surface area (Å²) in [7, 11) is -3.38. The lowest BCUT2D eigenvalue weighted by molar-refractivity contribution is 0.0832. The number of hydrogen-bond acceptors (Lipinski definition) is 3. The highest BCUT2D eigenvalue weighted by Gasteiger charge is 2.24. The fourth-order valence-electron chi connectivity index (χ4n) is 1.40. The molecule has 90 valence electrons. The van der Waals surface area contributed by atoms with E-state index in [4.69, 9.17) is 9.88 Å². The van der Waals surface area contributed by atoms with Crippen molar-refractivity contribution in [3.8, 4) is 0 Å². The Morgan fingerprint density at radius 3 is 2.40 bits per heavy atom. The van der Waals surface area contributed by atoms with Crippen LogP contribution >= 0.6 is 0 Å². The topological polar surface area (TPSA) is 69.4 Å². The first-order valence-electron chi connectivity index (χ1n) is 5.46. The first-order chi connectivity index (χ1) is 6.88. The van der Waals surface area contributed by atoms with E-state index in [2.05, 4.69) is 0 Å². The van der Waals surface area contributed by atoms with Gasteiger partial charge in [0.2, 0.25) is 10.0 Å². The van der Waals surface area contributed by atoms with Gasteiger partial charge in [-0.05, 0) is 30.6 Å². The van der Waals surface area contributed by atoms with Crippen LogP contribution in [0.15, 0.2) is 0 Å². The number of ether oxygens (including phenoxy) is 1. The molecule has 4 nitrogen and oxygen atoms in total. The minimum absolute atomic E-state index is 0.0127. The van der Waals surface area contributed by atoms with E-state index in [-0.39, 0.29) is 17.6 Å². The van der Waals surface area contributed by atoms with Gasteiger partial charge >= 0.3 is 0 Å². The predicted molar refractivity (Wildman–Crippen MR) is 59.8 cm³/mol. The van der Waals surface area contributed by atoms with Crippen LogP contribution in [0.25, 0.3) is 0 Å². The molecule has 0 aromatic rings. The third-order valence-corrected chi connectivity index (χ3v) is 3.66. The van der Waals surface area contributed by atoms with Gasteiger partial charge in [-0.15, -0.1) is 0 Å². The number of rotatable bonds is 7. The molecular formula is C10H21NO3S. The molecule has 1 rings (SSSR count). The standard InChI is InChI=1S/C10H21NO3S/c1-8(2)10(7-15(11,12)13)6-14-5-9-3-4-9/h8-10H,3-7H2,1-2H3,(H2,11,12,13). The maximum absolute atomic E-state index is 11.0. The van der Waals surface area contributed by atoms with E-state index in [1.54, 1.807) is 0 Å². The van der Waals surface area contributed by atoms with Crippen LogP contribution in [0.4, 0.5) is 0 Å². The average Bonchev–Trinajstić information content (AvgIpc) is 2.83. The second kappa shape index (κ2) is 5.27. The van der Waals surface area contributed by atoms with E-state index in [1.807, 2.05) is 13.8 Å². The van der Waals surface area contributed by atoms with Gasteiger partial charge in [-0.3, -0.25) is 0 Å². The number of primary sulfonamides is 1. The summed E-state index contributed by atoms with van der Waals surface area (Å²) in [6.07, 6.45) is 2.50. The zero-order valence-corrected chi connectivity index (χ0v) is 10.3. The van der Waals surface area contributed by atoms with Gasteiger partial charge in [0.05, 0.1) is 12.4 Å². The Morgan fingerprint density at radius 1 is 1.40 bits per heavy atom. The molecule has 1 unspecified atom stereocenters. The van der Waals surface area contributed by atoms with E-state index in [0.29, 0.717) is 12.5 Å². The summed E-state index contributed by atoms with van der Waals surface area (Å²) in [6.45, 7) is 5.27. The summed E-state index contributed by atoms with van der Waals surface area (Å²) in [5, 5.41) is 5.03. The van der Waals surface area contributed by atoms with Crippen molar-refractivity contribution in [2.24, 2.45) is 22.9 Å². The summed E-state index contributed by atoms with van der Waals surface area (Å²) in [4.78, 5) is 0. The van der Waals surface area contributed by atoms with Gasteiger partial charge in [0.25, 0.3) is 0 Å². The van der Waals surface area contributed by atoms with Gasteiger partial charge in [0.1, 0.15) is 0 Å². The molecule has 0 aliphatic heterocycles. The van der Waals surface area contributed by atoms with Crippen LogP contribution in [0.1, 0.15) is 26.7 Å². The van der Waals surface area contributed by atoms with Crippen molar-refractivity contribution in [3.05, 3.63) is 0 Å². The van der Waals surface area contributed by atoms with E-state index in [9.17, 15) is 8.42 Å². The van der Waals surface area contributed by atoms with Crippen LogP contribution in [0, 0.1) is 17.8 Å². The first-order valence-corrected chi connectivity index (χ1v) is 7.18. The van der Waals surface area contributed by atoms with Crippen molar-refractivity contribution in [1.29, 1.82) is 0 Å². The van der Waals surface area contributed by atoms with Gasteiger partial charge in [-0.2, -0.15) is 0 Å². The van der Waals surface area contributed by atoms with Crippen LogP contribution in [-0.2, 0) is 14.8 Å². The Labute approximate surface area is 92.2 Å². The van der Waals surface area contributed by atoms with Gasteiger partial charge < -0.3 is 4.74 Å². The minimum atomic E-state index is -3.38. The molecule has 1 aliphatic carbocycles. The van der Waals surface area contributed by atoms with E-state index in [0.717, 1.165) is 6.61 Å². The predicted octanol–water partition coefficient (Wildman–Crippen LogP) is 0.974. The Balaban J connectivity index is 2.28. The Kier molecular flexibility index (Phi) is 4.55. The fourth-order valence-corrected chi connectivity index (χ4v) is 2.48. The van der Waals surface area contributed by atoms with Crippen molar-refractivity contribution in [1.82, 2.24) is 0 Å². The lowest BCUT2D eigenvalue weighted by atomic mass is 9.99. The molecule has 1 fully saturated rings. The van der Waals surface area contributed by atoms with Crippen molar-refractivity contribution in [3.63, 3.8) is 0 Å². The largest absolute Gasteiger partial charge is 0.381 e. The molecule has 5 heteroatoms. The molecule has 15 heavy (non-hydrogen) atoms. The van der Waals surface area contributed by atoms with Gasteiger partial charge in [-0.25, -0.2) is 13.6 Å². The molecule has 1 saturated carbocycles. The van der Waals surface area contributed by atoms with E-state index >= 15 is 0 Å². The molecule has 1 atom stereocenters. The quantitative estimate of drug-likeness (QED) is 0.715. The lowest BCUT2D eigenvalue weighted by Gasteiger charge is -2.19. The van der Waals surface area contributed by atoms with Crippen LogP contribution in [0.2, 0.25) is 0 Å². The summed E-state index contributed by atoms with van der Waals surface area (Å²) in [5.74, 6) is 1.03. The van der Waals surface area contributed by atoms with Crippen molar-refractivity contribution in [2.75, 3.05) is 19.0 Å². The average molecular weight is 235 g/mol. The van der Waals surface area contributed by atoms with Crippen molar-refractivity contribution in [2.45, 2.75) is 26.7 Å². The number of nitrogens with two attached hydrogens (primary N) is 1. The molecule has 1 aliphatic rings. The lowest BCUT2D eigenvalue weighted by Crippen LogP contribution is -2.29. The zero-order valence-electron chi connectivity index (χ0n) is 9.48. The smallest absolute Gasteiger partial charge is 0.209 e. The highest BCUT2D eigenvalue weighted by Crippen LogP contribution is 2.29. The van der Waals surface area contributed by atoms with Crippen LogP contribution in [-0.4, -0.2) is 27.4 Å². The molecule has 0 aromatic carbocycles. The number of hydrogen-bond donors (Lipinski definition) is 1. The molecule has 0 bridgehead atoms. The SMILES string of the molecule is CC(C)C(COCC1CC1)CS(N)(=O)=O. The maximum Gasteiger partial charge on any atom is 0.209 e. The number of sulfonamides is 1. The van der Waals surface area contributed by atoms with Crippen LogP contribution in [0.3, 0.4) is 0 Å². The van der Waals surface area contributed by atoms with Crippen molar-refractivity contribution >= 4 is 10.0 Å².